The minimum atomic E-state index is 0.312. The first-order valence-electron chi connectivity index (χ1n) is 6.23. The molecule has 1 aromatic heterocycles. The maximum Gasteiger partial charge on any atom is 0.226 e. The number of hydrogen-bond donors (Lipinski definition) is 1. The Morgan fingerprint density at radius 1 is 1.33 bits per heavy atom. The molecule has 0 amide bonds. The predicted octanol–water partition coefficient (Wildman–Crippen LogP) is 1.79. The van der Waals surface area contributed by atoms with Gasteiger partial charge in [-0.05, 0) is 26.9 Å². The summed E-state index contributed by atoms with van der Waals surface area (Å²) in [5.74, 6) is 1.73. The lowest BCUT2D eigenvalue weighted by atomic mass is 10.0. The molecule has 1 atom stereocenters. The van der Waals surface area contributed by atoms with Gasteiger partial charge < -0.3 is 15.0 Å². The first-order chi connectivity index (χ1) is 8.42. The van der Waals surface area contributed by atoms with Crippen molar-refractivity contribution < 1.29 is 4.74 Å². The average molecular weight is 252 g/mol. The van der Waals surface area contributed by atoms with Crippen molar-refractivity contribution in [3.05, 3.63) is 11.8 Å². The molecule has 0 radical (unpaired) electrons. The summed E-state index contributed by atoms with van der Waals surface area (Å²) in [6.07, 6.45) is 0. The van der Waals surface area contributed by atoms with Crippen LogP contribution < -0.4 is 10.1 Å². The third-order valence-corrected chi connectivity index (χ3v) is 2.72. The van der Waals surface area contributed by atoms with Crippen LogP contribution in [0.15, 0.2) is 6.07 Å². The van der Waals surface area contributed by atoms with Crippen LogP contribution in [0.3, 0.4) is 0 Å². The fraction of sp³-hybridized carbons (Fsp3) is 0.692. The highest BCUT2D eigenvalue weighted by Crippen LogP contribution is 2.14. The van der Waals surface area contributed by atoms with Crippen LogP contribution in [-0.4, -0.2) is 48.7 Å². The van der Waals surface area contributed by atoms with E-state index < -0.39 is 0 Å². The molecule has 5 heteroatoms. The zero-order chi connectivity index (χ0) is 13.7. The summed E-state index contributed by atoms with van der Waals surface area (Å²) in [5, 5.41) is 3.38. The Kier molecular flexibility index (Phi) is 5.34. The van der Waals surface area contributed by atoms with Gasteiger partial charge >= 0.3 is 0 Å². The highest BCUT2D eigenvalue weighted by Gasteiger charge is 2.16. The first-order valence-corrected chi connectivity index (χ1v) is 6.23. The van der Waals surface area contributed by atoms with Gasteiger partial charge in [-0.1, -0.05) is 13.8 Å². The van der Waals surface area contributed by atoms with E-state index in [9.17, 15) is 0 Å². The van der Waals surface area contributed by atoms with E-state index in [1.165, 1.54) is 0 Å². The number of aryl methyl sites for hydroxylation is 1. The number of nitrogens with one attached hydrogen (secondary N) is 1. The van der Waals surface area contributed by atoms with Gasteiger partial charge in [0.2, 0.25) is 11.8 Å². The third kappa shape index (κ3) is 4.49. The van der Waals surface area contributed by atoms with Crippen molar-refractivity contribution in [2.75, 3.05) is 33.1 Å². The molecule has 18 heavy (non-hydrogen) atoms. The zero-order valence-electron chi connectivity index (χ0n) is 12.2. The molecule has 102 valence electrons. The molecule has 1 aromatic rings. The van der Waals surface area contributed by atoms with E-state index in [1.807, 2.05) is 13.0 Å². The molecule has 0 saturated heterocycles. The van der Waals surface area contributed by atoms with E-state index in [-0.39, 0.29) is 0 Å². The summed E-state index contributed by atoms with van der Waals surface area (Å²) >= 11 is 0. The number of anilines is 1. The summed E-state index contributed by atoms with van der Waals surface area (Å²) in [4.78, 5) is 10.9. The second-order valence-electron chi connectivity index (χ2n) is 5.13. The Bertz CT molecular complexity index is 379. The molecule has 0 aliphatic rings. The summed E-state index contributed by atoms with van der Waals surface area (Å²) in [6.45, 7) is 7.26. The molecule has 1 rings (SSSR count). The van der Waals surface area contributed by atoms with Gasteiger partial charge in [-0.3, -0.25) is 0 Å². The lowest BCUT2D eigenvalue weighted by Gasteiger charge is -2.25. The van der Waals surface area contributed by atoms with Crippen molar-refractivity contribution in [3.63, 3.8) is 0 Å². The van der Waals surface area contributed by atoms with E-state index in [2.05, 4.69) is 48.1 Å². The Hall–Kier alpha value is -1.36. The van der Waals surface area contributed by atoms with Crippen LogP contribution >= 0.6 is 0 Å². The van der Waals surface area contributed by atoms with Crippen LogP contribution in [-0.2, 0) is 0 Å². The molecule has 0 spiro atoms. The van der Waals surface area contributed by atoms with Crippen molar-refractivity contribution in [1.29, 1.82) is 0 Å². The van der Waals surface area contributed by atoms with Crippen molar-refractivity contribution in [2.45, 2.75) is 26.8 Å². The lowest BCUT2D eigenvalue weighted by molar-refractivity contribution is 0.343. The molecular formula is C13H24N4O. The van der Waals surface area contributed by atoms with Gasteiger partial charge in [-0.15, -0.1) is 0 Å². The van der Waals surface area contributed by atoms with Gasteiger partial charge in [0.1, 0.15) is 0 Å². The normalized spacial score (nSPS) is 12.9. The van der Waals surface area contributed by atoms with Crippen LogP contribution in [0.4, 0.5) is 5.95 Å². The van der Waals surface area contributed by atoms with Gasteiger partial charge in [0.05, 0.1) is 7.11 Å². The number of aromatic nitrogens is 2. The van der Waals surface area contributed by atoms with Crippen molar-refractivity contribution in [3.8, 4) is 5.88 Å². The third-order valence-electron chi connectivity index (χ3n) is 2.72. The number of ether oxygens (including phenoxy) is 1. The zero-order valence-corrected chi connectivity index (χ0v) is 12.2. The molecule has 1 unspecified atom stereocenters. The number of nitrogens with zero attached hydrogens (tertiary/aromatic N) is 3. The monoisotopic (exact) mass is 252 g/mol. The minimum Gasteiger partial charge on any atom is -0.481 e. The molecule has 0 aromatic carbocycles. The van der Waals surface area contributed by atoms with E-state index in [0.29, 0.717) is 23.8 Å². The van der Waals surface area contributed by atoms with Gasteiger partial charge in [-0.25, -0.2) is 4.98 Å². The molecule has 0 aliphatic heterocycles. The number of hydrogen-bond acceptors (Lipinski definition) is 5. The largest absolute Gasteiger partial charge is 0.481 e. The molecule has 0 bridgehead atoms. The first kappa shape index (κ1) is 14.7. The van der Waals surface area contributed by atoms with Crippen LogP contribution in [0.5, 0.6) is 5.88 Å². The fourth-order valence-corrected chi connectivity index (χ4v) is 1.69. The van der Waals surface area contributed by atoms with Crippen LogP contribution in [0.1, 0.15) is 19.5 Å². The molecule has 0 fully saturated rings. The molecule has 0 aliphatic carbocycles. The van der Waals surface area contributed by atoms with Crippen molar-refractivity contribution in [2.24, 2.45) is 5.92 Å². The van der Waals surface area contributed by atoms with Gasteiger partial charge in [-0.2, -0.15) is 4.98 Å². The topological polar surface area (TPSA) is 50.3 Å². The number of likely N-dealkylation sites (N-methyl/N-ethyl adjacent to an activating group) is 1. The molecular weight excluding hydrogens is 228 g/mol. The fourth-order valence-electron chi connectivity index (χ4n) is 1.69. The summed E-state index contributed by atoms with van der Waals surface area (Å²) in [5.41, 5.74) is 0.900. The number of methoxy groups -OCH3 is 1. The molecule has 5 nitrogen and oxygen atoms in total. The van der Waals surface area contributed by atoms with Gasteiger partial charge in [0, 0.05) is 24.3 Å². The smallest absolute Gasteiger partial charge is 0.226 e. The average Bonchev–Trinajstić information content (AvgIpc) is 2.26. The molecule has 1 heterocycles. The Labute approximate surface area is 110 Å². The minimum absolute atomic E-state index is 0.312. The van der Waals surface area contributed by atoms with Gasteiger partial charge in [0.25, 0.3) is 0 Å². The maximum atomic E-state index is 5.16. The standard InChI is InChI=1S/C13H24N4O/c1-9(2)11(8-17(4)5)15-13-14-10(3)7-12(16-13)18-6/h7,9,11H,8H2,1-6H3,(H,14,15,16). The van der Waals surface area contributed by atoms with Gasteiger partial charge in [0.15, 0.2) is 0 Å². The Morgan fingerprint density at radius 3 is 2.50 bits per heavy atom. The SMILES string of the molecule is COc1cc(C)nc(NC(CN(C)C)C(C)C)n1. The van der Waals surface area contributed by atoms with Crippen LogP contribution in [0, 0.1) is 12.8 Å². The Balaban J connectivity index is 2.82. The summed E-state index contributed by atoms with van der Waals surface area (Å²) in [7, 11) is 5.74. The highest BCUT2D eigenvalue weighted by molar-refractivity contribution is 5.32. The lowest BCUT2D eigenvalue weighted by Crippen LogP contribution is -2.37. The predicted molar refractivity (Wildman–Crippen MR) is 74.1 cm³/mol. The Morgan fingerprint density at radius 2 is 2.00 bits per heavy atom. The second kappa shape index (κ2) is 6.54. The van der Waals surface area contributed by atoms with E-state index >= 15 is 0 Å². The quantitative estimate of drug-likeness (QED) is 0.836. The number of rotatable bonds is 6. The summed E-state index contributed by atoms with van der Waals surface area (Å²) < 4.78 is 5.16. The summed E-state index contributed by atoms with van der Waals surface area (Å²) in [6, 6.07) is 2.13. The molecule has 0 saturated carbocycles. The van der Waals surface area contributed by atoms with Crippen LogP contribution in [0.2, 0.25) is 0 Å². The second-order valence-corrected chi connectivity index (χ2v) is 5.13. The van der Waals surface area contributed by atoms with E-state index in [0.717, 1.165) is 12.2 Å². The van der Waals surface area contributed by atoms with Crippen molar-refractivity contribution >= 4 is 5.95 Å². The van der Waals surface area contributed by atoms with E-state index in [1.54, 1.807) is 7.11 Å². The highest BCUT2D eigenvalue weighted by atomic mass is 16.5. The maximum absolute atomic E-state index is 5.16. The van der Waals surface area contributed by atoms with E-state index in [4.69, 9.17) is 4.74 Å². The van der Waals surface area contributed by atoms with Crippen LogP contribution in [0.25, 0.3) is 0 Å². The molecule has 1 N–H and O–H groups in total. The van der Waals surface area contributed by atoms with Crippen molar-refractivity contribution in [1.82, 2.24) is 14.9 Å².